The lowest BCUT2D eigenvalue weighted by atomic mass is 10.0. The fraction of sp³-hybridized carbons (Fsp3) is 0.860. The van der Waals surface area contributed by atoms with E-state index in [-0.39, 0.29) is 25.2 Å². The topological polar surface area (TPSA) is 72.8 Å². The van der Waals surface area contributed by atoms with Crippen LogP contribution in [0.4, 0.5) is 0 Å². The summed E-state index contributed by atoms with van der Waals surface area (Å²) in [5, 5.41) is 9.64. The molecule has 0 aromatic rings. The first-order valence-electron chi connectivity index (χ1n) is 27.5. The highest BCUT2D eigenvalue weighted by atomic mass is 16.6. The lowest BCUT2D eigenvalue weighted by Crippen LogP contribution is -2.28. The minimum atomic E-state index is -0.772. The summed E-state index contributed by atoms with van der Waals surface area (Å²) in [6.45, 7) is 4.17. The summed E-state index contributed by atoms with van der Waals surface area (Å²) in [4.78, 5) is 24.5. The van der Waals surface area contributed by atoms with Crippen LogP contribution >= 0.6 is 0 Å². The quantitative estimate of drug-likeness (QED) is 0.0374. The molecule has 0 amide bonds. The molecule has 5 nitrogen and oxygen atoms in total. The number of carbonyl (C=O) groups is 2. The normalized spacial score (nSPS) is 12.4. The van der Waals surface area contributed by atoms with Crippen molar-refractivity contribution in [3.05, 3.63) is 36.5 Å². The molecular formula is C57H106O5. The van der Waals surface area contributed by atoms with Crippen molar-refractivity contribution in [1.82, 2.24) is 0 Å². The highest BCUT2D eigenvalue weighted by Crippen LogP contribution is 2.17. The maximum atomic E-state index is 12.3. The molecule has 0 saturated carbocycles. The maximum Gasteiger partial charge on any atom is 0.306 e. The molecule has 1 unspecified atom stereocenters. The smallest absolute Gasteiger partial charge is 0.306 e. The predicted octanol–water partition coefficient (Wildman–Crippen LogP) is 18.3. The van der Waals surface area contributed by atoms with Crippen LogP contribution in [0.1, 0.15) is 296 Å². The third-order valence-corrected chi connectivity index (χ3v) is 12.4. The van der Waals surface area contributed by atoms with Crippen LogP contribution < -0.4 is 0 Å². The van der Waals surface area contributed by atoms with Crippen molar-refractivity contribution in [2.24, 2.45) is 0 Å². The molecule has 0 fully saturated rings. The number of hydrogen-bond donors (Lipinski definition) is 1. The lowest BCUT2D eigenvalue weighted by molar-refractivity contribution is -0.161. The molecule has 0 aromatic carbocycles. The van der Waals surface area contributed by atoms with Gasteiger partial charge in [-0.25, -0.2) is 0 Å². The maximum absolute atomic E-state index is 12.3. The highest BCUT2D eigenvalue weighted by Gasteiger charge is 2.16. The van der Waals surface area contributed by atoms with Gasteiger partial charge in [0.15, 0.2) is 6.10 Å². The van der Waals surface area contributed by atoms with Gasteiger partial charge in [-0.15, -0.1) is 0 Å². The zero-order valence-corrected chi connectivity index (χ0v) is 41.6. The number of esters is 2. The Hall–Kier alpha value is -1.88. The van der Waals surface area contributed by atoms with Crippen molar-refractivity contribution < 1.29 is 24.2 Å². The molecule has 0 aromatic heterocycles. The van der Waals surface area contributed by atoms with Gasteiger partial charge in [0.05, 0.1) is 6.61 Å². The van der Waals surface area contributed by atoms with Crippen molar-refractivity contribution in [1.29, 1.82) is 0 Å². The second-order valence-corrected chi connectivity index (χ2v) is 18.7. The number of ether oxygens (including phenoxy) is 2. The van der Waals surface area contributed by atoms with E-state index in [0.717, 1.165) is 44.9 Å². The number of allylic oxidation sites excluding steroid dienone is 6. The Kier molecular flexibility index (Phi) is 51.8. The van der Waals surface area contributed by atoms with Crippen LogP contribution in [0, 0.1) is 0 Å². The Morgan fingerprint density at radius 3 is 0.968 bits per heavy atom. The number of aliphatic hydroxyl groups is 1. The van der Waals surface area contributed by atoms with Crippen LogP contribution in [0.3, 0.4) is 0 Å². The average molecular weight is 871 g/mol. The van der Waals surface area contributed by atoms with Crippen LogP contribution in [0.2, 0.25) is 0 Å². The van der Waals surface area contributed by atoms with Crippen LogP contribution in [-0.4, -0.2) is 36.4 Å². The van der Waals surface area contributed by atoms with E-state index in [1.54, 1.807) is 0 Å². The Bertz CT molecular complexity index is 986. The molecule has 0 rings (SSSR count). The second kappa shape index (κ2) is 53.5. The van der Waals surface area contributed by atoms with Gasteiger partial charge >= 0.3 is 11.9 Å². The van der Waals surface area contributed by atoms with Crippen molar-refractivity contribution in [3.8, 4) is 0 Å². The molecule has 0 aliphatic carbocycles. The lowest BCUT2D eigenvalue weighted by Gasteiger charge is -2.15. The number of hydrogen-bond acceptors (Lipinski definition) is 5. The molecule has 5 heteroatoms. The van der Waals surface area contributed by atoms with Gasteiger partial charge in [0, 0.05) is 12.8 Å². The van der Waals surface area contributed by atoms with Crippen LogP contribution in [0.25, 0.3) is 0 Å². The summed E-state index contributed by atoms with van der Waals surface area (Å²) in [6.07, 6.45) is 68.2. The number of carbonyl (C=O) groups excluding carboxylic acids is 2. The second-order valence-electron chi connectivity index (χ2n) is 18.7. The molecule has 1 N–H and O–H groups in total. The van der Waals surface area contributed by atoms with Crippen molar-refractivity contribution in [2.45, 2.75) is 302 Å². The average Bonchev–Trinajstić information content (AvgIpc) is 3.28. The SMILES string of the molecule is CCCCCCC/C=C\C/C=C\C/C=C\CCCCCCCCCCCCC(=O)OC(CO)COC(=O)CCCCCCCCCCCCCCCCCCCCCCCCC. The third kappa shape index (κ3) is 50.8. The first-order valence-corrected chi connectivity index (χ1v) is 27.5. The van der Waals surface area contributed by atoms with Crippen LogP contribution in [-0.2, 0) is 19.1 Å². The molecule has 0 bridgehead atoms. The summed E-state index contributed by atoms with van der Waals surface area (Å²) in [7, 11) is 0. The molecular weight excluding hydrogens is 765 g/mol. The van der Waals surface area contributed by atoms with Gasteiger partial charge in [0.2, 0.25) is 0 Å². The molecule has 0 heterocycles. The predicted molar refractivity (Wildman–Crippen MR) is 270 cm³/mol. The van der Waals surface area contributed by atoms with Gasteiger partial charge in [-0.1, -0.05) is 269 Å². The number of rotatable bonds is 51. The highest BCUT2D eigenvalue weighted by molar-refractivity contribution is 5.70. The standard InChI is InChI=1S/C57H106O5/c1-3-5-7-9-11-13-15-17-19-21-23-25-27-28-30-32-34-36-38-40-42-44-46-48-50-52-57(60)62-55(53-58)54-61-56(59)51-49-47-45-43-41-39-37-35-33-31-29-26-24-22-20-18-16-14-12-10-8-6-4-2/h15,17,21,23,27-28,55,58H,3-14,16,18-20,22,24-26,29-54H2,1-2H3/b17-15-,23-21-,28-27-. The summed E-state index contributed by atoms with van der Waals surface area (Å²) in [5.41, 5.74) is 0. The third-order valence-electron chi connectivity index (χ3n) is 12.4. The Morgan fingerprint density at radius 1 is 0.371 bits per heavy atom. The molecule has 0 aliphatic rings. The van der Waals surface area contributed by atoms with Gasteiger partial charge in [-0.3, -0.25) is 9.59 Å². The fourth-order valence-electron chi connectivity index (χ4n) is 8.27. The van der Waals surface area contributed by atoms with Gasteiger partial charge in [-0.05, 0) is 51.4 Å². The van der Waals surface area contributed by atoms with Crippen molar-refractivity contribution in [2.75, 3.05) is 13.2 Å². The van der Waals surface area contributed by atoms with Crippen LogP contribution in [0.5, 0.6) is 0 Å². The van der Waals surface area contributed by atoms with Gasteiger partial charge in [-0.2, -0.15) is 0 Å². The fourth-order valence-corrected chi connectivity index (χ4v) is 8.27. The molecule has 0 saturated heterocycles. The monoisotopic (exact) mass is 871 g/mol. The van der Waals surface area contributed by atoms with Crippen molar-refractivity contribution in [3.63, 3.8) is 0 Å². The van der Waals surface area contributed by atoms with E-state index in [1.807, 2.05) is 0 Å². The van der Waals surface area contributed by atoms with Crippen LogP contribution in [0.15, 0.2) is 36.5 Å². The molecule has 0 radical (unpaired) electrons. The summed E-state index contributed by atoms with van der Waals surface area (Å²) in [5.74, 6) is -0.579. The molecule has 0 spiro atoms. The first-order chi connectivity index (χ1) is 30.6. The summed E-state index contributed by atoms with van der Waals surface area (Å²) < 4.78 is 10.7. The van der Waals surface area contributed by atoms with Gasteiger partial charge in [0.25, 0.3) is 0 Å². The molecule has 364 valence electrons. The van der Waals surface area contributed by atoms with E-state index in [9.17, 15) is 14.7 Å². The molecule has 0 aliphatic heterocycles. The Balaban J connectivity index is 3.47. The Labute approximate surface area is 386 Å². The van der Waals surface area contributed by atoms with E-state index in [2.05, 4.69) is 50.3 Å². The summed E-state index contributed by atoms with van der Waals surface area (Å²) >= 11 is 0. The molecule has 62 heavy (non-hydrogen) atoms. The zero-order chi connectivity index (χ0) is 44.9. The zero-order valence-electron chi connectivity index (χ0n) is 41.6. The molecule has 1 atom stereocenters. The number of aliphatic hydroxyl groups excluding tert-OH is 1. The van der Waals surface area contributed by atoms with E-state index >= 15 is 0 Å². The van der Waals surface area contributed by atoms with E-state index in [4.69, 9.17) is 9.47 Å². The largest absolute Gasteiger partial charge is 0.462 e. The van der Waals surface area contributed by atoms with E-state index in [1.165, 1.54) is 225 Å². The van der Waals surface area contributed by atoms with E-state index < -0.39 is 6.10 Å². The minimum Gasteiger partial charge on any atom is -0.462 e. The van der Waals surface area contributed by atoms with Gasteiger partial charge in [0.1, 0.15) is 6.61 Å². The van der Waals surface area contributed by atoms with Crippen molar-refractivity contribution >= 4 is 11.9 Å². The first kappa shape index (κ1) is 60.1. The number of unbranched alkanes of at least 4 members (excludes halogenated alkanes) is 37. The summed E-state index contributed by atoms with van der Waals surface area (Å²) in [6, 6.07) is 0. The van der Waals surface area contributed by atoms with E-state index in [0.29, 0.717) is 12.8 Å². The Morgan fingerprint density at radius 2 is 0.645 bits per heavy atom. The van der Waals surface area contributed by atoms with Gasteiger partial charge < -0.3 is 14.6 Å². The minimum absolute atomic E-state index is 0.0631.